The molecular weight excluding hydrogens is 316 g/mol. The Morgan fingerprint density at radius 3 is 2.55 bits per heavy atom. The van der Waals surface area contributed by atoms with Gasteiger partial charge in [0, 0.05) is 10.6 Å². The van der Waals surface area contributed by atoms with Crippen LogP contribution in [0.3, 0.4) is 0 Å². The second kappa shape index (κ2) is 7.60. The van der Waals surface area contributed by atoms with Crippen molar-refractivity contribution in [3.63, 3.8) is 0 Å². The van der Waals surface area contributed by atoms with E-state index < -0.39 is 24.2 Å². The maximum Gasteiger partial charge on any atom is 0.341 e. The molecule has 0 fully saturated rings. The number of rotatable bonds is 6. The monoisotopic (exact) mass is 327 g/mol. The van der Waals surface area contributed by atoms with Crippen LogP contribution < -0.4 is 5.32 Å². The number of hydrogen-bond acceptors (Lipinski definition) is 5. The fourth-order valence-corrected chi connectivity index (χ4v) is 2.01. The lowest BCUT2D eigenvalue weighted by Crippen LogP contribution is -2.20. The van der Waals surface area contributed by atoms with Crippen LogP contribution in [0.1, 0.15) is 10.4 Å². The molecule has 0 saturated carbocycles. The molecule has 0 aliphatic rings. The van der Waals surface area contributed by atoms with Gasteiger partial charge in [0.2, 0.25) is 0 Å². The van der Waals surface area contributed by atoms with Gasteiger partial charge in [-0.2, -0.15) is 8.78 Å². The molecule has 1 aromatic carbocycles. The van der Waals surface area contributed by atoms with Gasteiger partial charge in [-0.15, -0.1) is 0 Å². The lowest BCUT2D eigenvalue weighted by Gasteiger charge is -2.07. The Morgan fingerprint density at radius 2 is 1.95 bits per heavy atom. The molecule has 22 heavy (non-hydrogen) atoms. The number of ether oxygens (including phenoxy) is 1. The summed E-state index contributed by atoms with van der Waals surface area (Å²) in [6.07, 6.45) is 2.52. The van der Waals surface area contributed by atoms with E-state index >= 15 is 0 Å². The van der Waals surface area contributed by atoms with Gasteiger partial charge in [-0.25, -0.2) is 4.79 Å². The molecule has 2 aromatic rings. The fourth-order valence-electron chi connectivity index (χ4n) is 1.51. The topological polar surface area (TPSA) is 68.5 Å². The van der Waals surface area contributed by atoms with Crippen LogP contribution in [0.5, 0.6) is 0 Å². The van der Waals surface area contributed by atoms with Gasteiger partial charge in [0.1, 0.15) is 6.26 Å². The summed E-state index contributed by atoms with van der Waals surface area (Å²) in [7, 11) is 0. The van der Waals surface area contributed by atoms with Gasteiger partial charge < -0.3 is 14.5 Å². The number of carbonyl (C=O) groups is 2. The van der Waals surface area contributed by atoms with E-state index in [1.165, 1.54) is 42.9 Å². The summed E-state index contributed by atoms with van der Waals surface area (Å²) in [4.78, 5) is 23.5. The molecule has 0 aliphatic heterocycles. The molecule has 1 amide bonds. The normalized spacial score (nSPS) is 10.5. The highest BCUT2D eigenvalue weighted by Gasteiger charge is 2.11. The minimum Gasteiger partial charge on any atom is -0.472 e. The highest BCUT2D eigenvalue weighted by Crippen LogP contribution is 2.26. The summed E-state index contributed by atoms with van der Waals surface area (Å²) in [5.74, 6) is -3.71. The van der Waals surface area contributed by atoms with Crippen LogP contribution in [0.2, 0.25) is 0 Å². The number of hydrogen-bond donors (Lipinski definition) is 1. The number of furan rings is 1. The number of amides is 1. The van der Waals surface area contributed by atoms with Gasteiger partial charge in [0.15, 0.2) is 6.61 Å². The number of anilines is 1. The average molecular weight is 327 g/mol. The third kappa shape index (κ3) is 4.88. The van der Waals surface area contributed by atoms with Crippen LogP contribution in [0.4, 0.5) is 14.5 Å². The molecule has 0 atom stereocenters. The number of esters is 1. The number of benzene rings is 1. The summed E-state index contributed by atoms with van der Waals surface area (Å²) >= 11 is 0.414. The molecule has 1 heterocycles. The second-order valence-corrected chi connectivity index (χ2v) is 5.10. The molecule has 0 radical (unpaired) electrons. The predicted octanol–water partition coefficient (Wildman–Crippen LogP) is 3.39. The van der Waals surface area contributed by atoms with Gasteiger partial charge >= 0.3 is 5.97 Å². The van der Waals surface area contributed by atoms with Crippen molar-refractivity contribution in [3.8, 4) is 0 Å². The van der Waals surface area contributed by atoms with Crippen molar-refractivity contribution in [2.45, 2.75) is 10.7 Å². The Hall–Kier alpha value is -2.35. The first-order chi connectivity index (χ1) is 10.5. The van der Waals surface area contributed by atoms with E-state index in [0.29, 0.717) is 22.3 Å². The third-order valence-electron chi connectivity index (χ3n) is 2.45. The Labute approximate surface area is 128 Å². The van der Waals surface area contributed by atoms with Gasteiger partial charge in [-0.3, -0.25) is 4.79 Å². The first kappa shape index (κ1) is 16.0. The summed E-state index contributed by atoms with van der Waals surface area (Å²) in [6.45, 7) is -0.461. The first-order valence-corrected chi connectivity index (χ1v) is 6.96. The smallest absolute Gasteiger partial charge is 0.341 e. The zero-order valence-corrected chi connectivity index (χ0v) is 11.9. The number of thioether (sulfide) groups is 1. The van der Waals surface area contributed by atoms with Crippen LogP contribution in [0.15, 0.2) is 52.2 Å². The predicted molar refractivity (Wildman–Crippen MR) is 75.9 cm³/mol. The van der Waals surface area contributed by atoms with Gasteiger partial charge in [0.25, 0.3) is 11.7 Å². The maximum atomic E-state index is 12.2. The molecule has 0 aliphatic carbocycles. The summed E-state index contributed by atoms with van der Waals surface area (Å²) in [5, 5.41) is 2.49. The standard InChI is InChI=1S/C14H11F2NO4S/c15-14(16)22-11-3-1-10(2-4-11)17-12(18)8-21-13(19)9-5-6-20-7-9/h1-7,14H,8H2,(H,17,18). The van der Waals surface area contributed by atoms with Crippen LogP contribution in [0, 0.1) is 0 Å². The van der Waals surface area contributed by atoms with Crippen LogP contribution >= 0.6 is 11.8 Å². The van der Waals surface area contributed by atoms with E-state index in [4.69, 9.17) is 9.15 Å². The minimum absolute atomic E-state index is 0.209. The van der Waals surface area contributed by atoms with Gasteiger partial charge in [0.05, 0.1) is 11.8 Å². The van der Waals surface area contributed by atoms with E-state index in [2.05, 4.69) is 5.32 Å². The Kier molecular flexibility index (Phi) is 5.54. The molecule has 2 rings (SSSR count). The highest BCUT2D eigenvalue weighted by molar-refractivity contribution is 7.99. The number of nitrogens with one attached hydrogen (secondary N) is 1. The van der Waals surface area contributed by atoms with Crippen molar-refractivity contribution in [3.05, 3.63) is 48.4 Å². The first-order valence-electron chi connectivity index (χ1n) is 6.08. The van der Waals surface area contributed by atoms with Crippen LogP contribution in [-0.2, 0) is 9.53 Å². The van der Waals surface area contributed by atoms with E-state index in [9.17, 15) is 18.4 Å². The van der Waals surface area contributed by atoms with Crippen molar-refractivity contribution in [1.29, 1.82) is 0 Å². The molecule has 0 saturated heterocycles. The molecule has 1 N–H and O–H groups in total. The van der Waals surface area contributed by atoms with Crippen molar-refractivity contribution in [2.75, 3.05) is 11.9 Å². The molecular formula is C14H11F2NO4S. The van der Waals surface area contributed by atoms with Crippen molar-refractivity contribution >= 4 is 29.3 Å². The lowest BCUT2D eigenvalue weighted by molar-refractivity contribution is -0.119. The van der Waals surface area contributed by atoms with Gasteiger partial charge in [-0.1, -0.05) is 11.8 Å². The van der Waals surface area contributed by atoms with Crippen LogP contribution in [-0.4, -0.2) is 24.2 Å². The zero-order valence-electron chi connectivity index (χ0n) is 11.1. The molecule has 0 bridgehead atoms. The van der Waals surface area contributed by atoms with Crippen LogP contribution in [0.25, 0.3) is 0 Å². The SMILES string of the molecule is O=C(COC(=O)c1ccoc1)Nc1ccc(SC(F)F)cc1. The van der Waals surface area contributed by atoms with Crippen molar-refractivity contribution in [1.82, 2.24) is 0 Å². The molecule has 116 valence electrons. The fraction of sp³-hybridized carbons (Fsp3) is 0.143. The molecule has 0 spiro atoms. The molecule has 8 heteroatoms. The van der Waals surface area contributed by atoms with E-state index in [1.807, 2.05) is 0 Å². The Morgan fingerprint density at radius 1 is 1.23 bits per heavy atom. The second-order valence-electron chi connectivity index (χ2n) is 4.04. The highest BCUT2D eigenvalue weighted by atomic mass is 32.2. The number of alkyl halides is 2. The minimum atomic E-state index is -2.50. The lowest BCUT2D eigenvalue weighted by atomic mass is 10.3. The number of halogens is 2. The maximum absolute atomic E-state index is 12.2. The number of carbonyl (C=O) groups excluding carboxylic acids is 2. The van der Waals surface area contributed by atoms with Crippen molar-refractivity contribution in [2.24, 2.45) is 0 Å². The Bertz CT molecular complexity index is 629. The van der Waals surface area contributed by atoms with E-state index in [-0.39, 0.29) is 5.56 Å². The summed E-state index contributed by atoms with van der Waals surface area (Å²) < 4.78 is 33.8. The zero-order chi connectivity index (χ0) is 15.9. The summed E-state index contributed by atoms with van der Waals surface area (Å²) in [5.41, 5.74) is 0.629. The van der Waals surface area contributed by atoms with E-state index in [1.54, 1.807) is 0 Å². The third-order valence-corrected chi connectivity index (χ3v) is 3.18. The van der Waals surface area contributed by atoms with E-state index in [0.717, 1.165) is 0 Å². The molecule has 0 unspecified atom stereocenters. The molecule has 5 nitrogen and oxygen atoms in total. The van der Waals surface area contributed by atoms with Gasteiger partial charge in [-0.05, 0) is 30.3 Å². The average Bonchev–Trinajstić information content (AvgIpc) is 3.00. The largest absolute Gasteiger partial charge is 0.472 e. The van der Waals surface area contributed by atoms with Crippen molar-refractivity contribution < 1.29 is 27.5 Å². The molecule has 1 aromatic heterocycles. The quantitative estimate of drug-likeness (QED) is 0.650. The summed E-state index contributed by atoms with van der Waals surface area (Å²) in [6, 6.07) is 7.31. The Balaban J connectivity index is 1.80.